The van der Waals surface area contributed by atoms with Gasteiger partial charge in [-0.2, -0.15) is 0 Å². The van der Waals surface area contributed by atoms with Crippen molar-refractivity contribution in [2.45, 2.75) is 36.8 Å². The second kappa shape index (κ2) is 9.28. The number of halogens is 1. The van der Waals surface area contributed by atoms with Crippen LogP contribution in [-0.2, 0) is 18.9 Å². The molecule has 0 heterocycles. The van der Waals surface area contributed by atoms with E-state index < -0.39 is 0 Å². The first-order valence-corrected chi connectivity index (χ1v) is 7.15. The third-order valence-electron chi connectivity index (χ3n) is 2.74. The van der Waals surface area contributed by atoms with Gasteiger partial charge in [-0.15, -0.1) is 0 Å². The SMILES string of the molecule is CCOC1C(Br)CC1OCCCOCCOC. The zero-order valence-corrected chi connectivity index (χ0v) is 12.3. The van der Waals surface area contributed by atoms with Crippen molar-refractivity contribution >= 4 is 15.9 Å². The van der Waals surface area contributed by atoms with Gasteiger partial charge in [0.05, 0.1) is 25.4 Å². The molecule has 102 valence electrons. The Morgan fingerprint density at radius 3 is 2.59 bits per heavy atom. The van der Waals surface area contributed by atoms with Crippen molar-refractivity contribution < 1.29 is 18.9 Å². The van der Waals surface area contributed by atoms with Crippen LogP contribution in [0.25, 0.3) is 0 Å². The lowest BCUT2D eigenvalue weighted by atomic mass is 9.91. The molecule has 0 aromatic heterocycles. The Labute approximate surface area is 112 Å². The Morgan fingerprint density at radius 1 is 1.12 bits per heavy atom. The third kappa shape index (κ3) is 5.66. The second-order valence-corrected chi connectivity index (χ2v) is 5.22. The lowest BCUT2D eigenvalue weighted by molar-refractivity contribution is -0.120. The van der Waals surface area contributed by atoms with Crippen molar-refractivity contribution in [1.82, 2.24) is 0 Å². The molecule has 0 radical (unpaired) electrons. The molecule has 0 aliphatic heterocycles. The topological polar surface area (TPSA) is 36.9 Å². The quantitative estimate of drug-likeness (QED) is 0.457. The first-order chi connectivity index (χ1) is 8.29. The van der Waals surface area contributed by atoms with Gasteiger partial charge in [0.2, 0.25) is 0 Å². The van der Waals surface area contributed by atoms with Crippen LogP contribution in [0.3, 0.4) is 0 Å². The number of methoxy groups -OCH3 is 1. The molecule has 0 aromatic carbocycles. The van der Waals surface area contributed by atoms with E-state index in [1.807, 2.05) is 6.92 Å². The van der Waals surface area contributed by atoms with Gasteiger partial charge in [0.15, 0.2) is 0 Å². The minimum atomic E-state index is 0.217. The van der Waals surface area contributed by atoms with Gasteiger partial charge in [-0.05, 0) is 19.8 Å². The van der Waals surface area contributed by atoms with E-state index in [1.54, 1.807) is 7.11 Å². The predicted molar refractivity (Wildman–Crippen MR) is 69.8 cm³/mol. The minimum Gasteiger partial charge on any atom is -0.382 e. The molecule has 0 N–H and O–H groups in total. The average molecular weight is 311 g/mol. The first-order valence-electron chi connectivity index (χ1n) is 6.23. The molecule has 3 unspecified atom stereocenters. The summed E-state index contributed by atoms with van der Waals surface area (Å²) >= 11 is 3.58. The summed E-state index contributed by atoms with van der Waals surface area (Å²) in [5.74, 6) is 0. The van der Waals surface area contributed by atoms with Crippen molar-refractivity contribution in [1.29, 1.82) is 0 Å². The number of hydrogen-bond donors (Lipinski definition) is 0. The highest BCUT2D eigenvalue weighted by molar-refractivity contribution is 9.09. The van der Waals surface area contributed by atoms with Crippen LogP contribution in [0, 0.1) is 0 Å². The molecule has 1 fully saturated rings. The van der Waals surface area contributed by atoms with Gasteiger partial charge >= 0.3 is 0 Å². The number of ether oxygens (including phenoxy) is 4. The van der Waals surface area contributed by atoms with E-state index in [9.17, 15) is 0 Å². The fourth-order valence-electron chi connectivity index (χ4n) is 1.73. The standard InChI is InChI=1S/C12H23BrO4/c1-3-16-12-10(13)9-11(12)17-6-4-5-15-8-7-14-2/h10-12H,3-9H2,1-2H3. The van der Waals surface area contributed by atoms with Gasteiger partial charge in [-0.3, -0.25) is 0 Å². The maximum Gasteiger partial charge on any atom is 0.0962 e. The van der Waals surface area contributed by atoms with Crippen molar-refractivity contribution in [2.75, 3.05) is 40.1 Å². The number of hydrogen-bond acceptors (Lipinski definition) is 4. The van der Waals surface area contributed by atoms with Crippen LogP contribution in [0.2, 0.25) is 0 Å². The fourth-order valence-corrected chi connectivity index (χ4v) is 2.60. The molecule has 4 nitrogen and oxygen atoms in total. The van der Waals surface area contributed by atoms with E-state index in [0.717, 1.165) is 32.7 Å². The summed E-state index contributed by atoms with van der Waals surface area (Å²) in [5.41, 5.74) is 0. The van der Waals surface area contributed by atoms with E-state index in [2.05, 4.69) is 15.9 Å². The molecule has 0 bridgehead atoms. The number of alkyl halides is 1. The van der Waals surface area contributed by atoms with Crippen molar-refractivity contribution in [2.24, 2.45) is 0 Å². The summed E-state index contributed by atoms with van der Waals surface area (Å²) in [6, 6.07) is 0. The molecule has 0 amide bonds. The van der Waals surface area contributed by atoms with Crippen molar-refractivity contribution in [3.05, 3.63) is 0 Å². The monoisotopic (exact) mass is 310 g/mol. The molecule has 1 aliphatic carbocycles. The molecule has 0 saturated heterocycles. The molecule has 3 atom stereocenters. The van der Waals surface area contributed by atoms with E-state index >= 15 is 0 Å². The average Bonchev–Trinajstić information content (AvgIpc) is 2.33. The van der Waals surface area contributed by atoms with Crippen LogP contribution < -0.4 is 0 Å². The molecule has 17 heavy (non-hydrogen) atoms. The summed E-state index contributed by atoms with van der Waals surface area (Å²) in [7, 11) is 1.67. The molecule has 5 heteroatoms. The van der Waals surface area contributed by atoms with E-state index in [0.29, 0.717) is 18.0 Å². The van der Waals surface area contributed by atoms with Crippen molar-refractivity contribution in [3.63, 3.8) is 0 Å². The maximum atomic E-state index is 5.75. The lowest BCUT2D eigenvalue weighted by Gasteiger charge is -2.40. The van der Waals surface area contributed by atoms with E-state index in [-0.39, 0.29) is 12.2 Å². The lowest BCUT2D eigenvalue weighted by Crippen LogP contribution is -2.50. The van der Waals surface area contributed by atoms with Gasteiger partial charge < -0.3 is 18.9 Å². The van der Waals surface area contributed by atoms with Gasteiger partial charge in [0, 0.05) is 31.8 Å². The summed E-state index contributed by atoms with van der Waals surface area (Å²) < 4.78 is 21.6. The van der Waals surface area contributed by atoms with Gasteiger partial charge in [0.1, 0.15) is 0 Å². The zero-order chi connectivity index (χ0) is 12.5. The van der Waals surface area contributed by atoms with E-state index in [1.165, 1.54) is 0 Å². The zero-order valence-electron chi connectivity index (χ0n) is 10.7. The Balaban J connectivity index is 1.92. The van der Waals surface area contributed by atoms with Crippen LogP contribution in [0.1, 0.15) is 19.8 Å². The highest BCUT2D eigenvalue weighted by Gasteiger charge is 2.40. The molecule has 0 spiro atoms. The normalized spacial score (nSPS) is 28.1. The summed E-state index contributed by atoms with van der Waals surface area (Å²) in [6.45, 7) is 5.53. The van der Waals surface area contributed by atoms with Gasteiger partial charge in [0.25, 0.3) is 0 Å². The third-order valence-corrected chi connectivity index (χ3v) is 3.63. The van der Waals surface area contributed by atoms with Gasteiger partial charge in [-0.25, -0.2) is 0 Å². The fraction of sp³-hybridized carbons (Fsp3) is 1.00. The van der Waals surface area contributed by atoms with Gasteiger partial charge in [-0.1, -0.05) is 15.9 Å². The molecule has 0 aromatic rings. The van der Waals surface area contributed by atoms with Crippen LogP contribution in [0.15, 0.2) is 0 Å². The largest absolute Gasteiger partial charge is 0.382 e. The Kier molecular flexibility index (Phi) is 8.39. The Bertz CT molecular complexity index is 191. The molecular formula is C12H23BrO4. The second-order valence-electron chi connectivity index (χ2n) is 4.04. The highest BCUT2D eigenvalue weighted by atomic mass is 79.9. The van der Waals surface area contributed by atoms with Crippen LogP contribution in [0.4, 0.5) is 0 Å². The van der Waals surface area contributed by atoms with Crippen LogP contribution >= 0.6 is 15.9 Å². The number of rotatable bonds is 10. The smallest absolute Gasteiger partial charge is 0.0962 e. The first kappa shape index (κ1) is 15.4. The highest BCUT2D eigenvalue weighted by Crippen LogP contribution is 2.33. The molecule has 1 rings (SSSR count). The van der Waals surface area contributed by atoms with E-state index in [4.69, 9.17) is 18.9 Å². The van der Waals surface area contributed by atoms with Crippen LogP contribution in [0.5, 0.6) is 0 Å². The van der Waals surface area contributed by atoms with Crippen molar-refractivity contribution in [3.8, 4) is 0 Å². The minimum absolute atomic E-state index is 0.217. The molecule has 1 aliphatic rings. The van der Waals surface area contributed by atoms with Crippen LogP contribution in [-0.4, -0.2) is 57.2 Å². The Hall–Kier alpha value is 0.320. The predicted octanol–water partition coefficient (Wildman–Crippen LogP) is 2.00. The Morgan fingerprint density at radius 2 is 1.94 bits per heavy atom. The maximum absolute atomic E-state index is 5.75. The summed E-state index contributed by atoms with van der Waals surface area (Å²) in [6.07, 6.45) is 2.43. The molecular weight excluding hydrogens is 288 g/mol. The summed E-state index contributed by atoms with van der Waals surface area (Å²) in [4.78, 5) is 0.449. The molecule has 1 saturated carbocycles. The summed E-state index contributed by atoms with van der Waals surface area (Å²) in [5, 5.41) is 0.